The Labute approximate surface area is 135 Å². The van der Waals surface area contributed by atoms with Crippen LogP contribution in [0, 0.1) is 5.41 Å². The van der Waals surface area contributed by atoms with Crippen LogP contribution >= 0.6 is 0 Å². The van der Waals surface area contributed by atoms with Crippen LogP contribution in [0.2, 0.25) is 6.32 Å². The topological polar surface area (TPSA) is 85.2 Å². The lowest BCUT2D eigenvalue weighted by molar-refractivity contribution is -0.161. The number of aryl methyl sites for hydroxylation is 1. The monoisotopic (exact) mass is 320 g/mol. The van der Waals surface area contributed by atoms with Crippen molar-refractivity contribution in [1.29, 1.82) is 0 Å². The minimum Gasteiger partial charge on any atom is -0.535 e. The highest BCUT2D eigenvalue weighted by Gasteiger charge is 2.28. The number of hydrogen-bond donors (Lipinski definition) is 2. The first-order valence-electron chi connectivity index (χ1n) is 7.38. The van der Waals surface area contributed by atoms with Crippen molar-refractivity contribution >= 4 is 18.8 Å². The maximum absolute atomic E-state index is 11.7. The Morgan fingerprint density at radius 1 is 1.39 bits per heavy atom. The van der Waals surface area contributed by atoms with Crippen molar-refractivity contribution in [3.05, 3.63) is 29.8 Å². The predicted molar refractivity (Wildman–Crippen MR) is 85.8 cm³/mol. The molecule has 1 aliphatic heterocycles. The number of hydrogen-bond acceptors (Lipinski definition) is 6. The number of benzene rings is 1. The third-order valence-corrected chi connectivity index (χ3v) is 3.40. The summed E-state index contributed by atoms with van der Waals surface area (Å²) in [6.07, 6.45) is 1.02. The molecule has 6 nitrogen and oxygen atoms in total. The van der Waals surface area contributed by atoms with Crippen LogP contribution in [0.25, 0.3) is 5.76 Å². The lowest BCUT2D eigenvalue weighted by atomic mass is 9.78. The summed E-state index contributed by atoms with van der Waals surface area (Å²) in [5.74, 6) is 0.270. The summed E-state index contributed by atoms with van der Waals surface area (Å²) < 4.78 is 15.8. The van der Waals surface area contributed by atoms with Gasteiger partial charge in [-0.3, -0.25) is 4.79 Å². The first-order chi connectivity index (χ1) is 10.7. The molecule has 23 heavy (non-hydrogen) atoms. The molecule has 1 aromatic rings. The van der Waals surface area contributed by atoms with E-state index in [1.165, 1.54) is 6.07 Å². The SMILES string of the molecule is C=C(OCOC(=O)C(C)(C)C)c1cc(O)cc2c1OB(O)CC2. The smallest absolute Gasteiger partial charge is 0.522 e. The Bertz CT molecular complexity index is 620. The van der Waals surface area contributed by atoms with E-state index in [1.54, 1.807) is 26.8 Å². The highest BCUT2D eigenvalue weighted by Crippen LogP contribution is 2.37. The molecular weight excluding hydrogens is 299 g/mol. The molecule has 1 aliphatic rings. The normalized spacial score (nSPS) is 13.8. The number of aromatic hydroxyl groups is 1. The number of fused-ring (bicyclic) bond motifs is 1. The fourth-order valence-electron chi connectivity index (χ4n) is 2.13. The zero-order valence-corrected chi connectivity index (χ0v) is 13.6. The van der Waals surface area contributed by atoms with Gasteiger partial charge >= 0.3 is 13.1 Å². The average Bonchev–Trinajstić information content (AvgIpc) is 2.45. The van der Waals surface area contributed by atoms with Crippen molar-refractivity contribution in [2.24, 2.45) is 5.41 Å². The number of rotatable bonds is 4. The molecule has 7 heteroatoms. The molecular formula is C16H21BO6. The number of esters is 1. The number of phenols is 1. The van der Waals surface area contributed by atoms with Crippen LogP contribution in [0.1, 0.15) is 31.9 Å². The van der Waals surface area contributed by atoms with Crippen molar-refractivity contribution in [2.75, 3.05) is 6.79 Å². The van der Waals surface area contributed by atoms with Crippen molar-refractivity contribution in [3.8, 4) is 11.5 Å². The van der Waals surface area contributed by atoms with Crippen molar-refractivity contribution in [3.63, 3.8) is 0 Å². The molecule has 0 fully saturated rings. The first-order valence-corrected chi connectivity index (χ1v) is 7.38. The Morgan fingerprint density at radius 3 is 2.74 bits per heavy atom. The second-order valence-electron chi connectivity index (χ2n) is 6.46. The summed E-state index contributed by atoms with van der Waals surface area (Å²) in [7, 11) is -0.905. The molecule has 0 unspecified atom stereocenters. The number of carbonyl (C=O) groups is 1. The Hall–Kier alpha value is -2.15. The molecule has 0 bridgehead atoms. The van der Waals surface area contributed by atoms with Gasteiger partial charge in [0.15, 0.2) is 0 Å². The molecule has 0 saturated heterocycles. The summed E-state index contributed by atoms with van der Waals surface area (Å²) >= 11 is 0. The van der Waals surface area contributed by atoms with Crippen LogP contribution in [0.3, 0.4) is 0 Å². The van der Waals surface area contributed by atoms with E-state index in [0.29, 0.717) is 24.1 Å². The Balaban J connectivity index is 2.08. The molecule has 0 radical (unpaired) electrons. The molecule has 124 valence electrons. The molecule has 0 saturated carbocycles. The maximum Gasteiger partial charge on any atom is 0.522 e. The van der Waals surface area contributed by atoms with Crippen LogP contribution in [0.4, 0.5) is 0 Å². The van der Waals surface area contributed by atoms with E-state index in [0.717, 1.165) is 5.56 Å². The summed E-state index contributed by atoms with van der Waals surface area (Å²) in [6.45, 7) is 8.71. The van der Waals surface area contributed by atoms with E-state index in [2.05, 4.69) is 6.58 Å². The van der Waals surface area contributed by atoms with E-state index in [4.69, 9.17) is 14.1 Å². The fraction of sp³-hybridized carbons (Fsp3) is 0.438. The van der Waals surface area contributed by atoms with Gasteiger partial charge in [0.1, 0.15) is 17.3 Å². The zero-order chi connectivity index (χ0) is 17.2. The van der Waals surface area contributed by atoms with E-state index >= 15 is 0 Å². The van der Waals surface area contributed by atoms with Gasteiger partial charge in [-0.2, -0.15) is 0 Å². The minimum atomic E-state index is -0.905. The summed E-state index contributed by atoms with van der Waals surface area (Å²) in [5.41, 5.74) is 0.564. The third kappa shape index (κ3) is 4.19. The van der Waals surface area contributed by atoms with Gasteiger partial charge in [0.05, 0.1) is 11.0 Å². The number of phenolic OH excluding ortho intramolecular Hbond substituents is 1. The maximum atomic E-state index is 11.7. The van der Waals surface area contributed by atoms with Gasteiger partial charge in [-0.05, 0) is 51.2 Å². The van der Waals surface area contributed by atoms with Crippen molar-refractivity contribution in [1.82, 2.24) is 0 Å². The van der Waals surface area contributed by atoms with Gasteiger partial charge in [0, 0.05) is 0 Å². The number of ether oxygens (including phenoxy) is 2. The van der Waals surface area contributed by atoms with Gasteiger partial charge in [-0.1, -0.05) is 6.58 Å². The molecule has 0 aromatic heterocycles. The average molecular weight is 320 g/mol. The minimum absolute atomic E-state index is 0.0511. The van der Waals surface area contributed by atoms with Crippen LogP contribution in [-0.4, -0.2) is 30.0 Å². The summed E-state index contributed by atoms with van der Waals surface area (Å²) in [5, 5.41) is 19.4. The number of carbonyl (C=O) groups excluding carboxylic acids is 1. The van der Waals surface area contributed by atoms with Gasteiger partial charge in [0.25, 0.3) is 0 Å². The Kier molecular flexibility index (Phi) is 4.89. The van der Waals surface area contributed by atoms with E-state index in [-0.39, 0.29) is 18.3 Å². The molecule has 1 aromatic carbocycles. The fourth-order valence-corrected chi connectivity index (χ4v) is 2.13. The molecule has 2 rings (SSSR count). The van der Waals surface area contributed by atoms with E-state index in [9.17, 15) is 14.9 Å². The molecule has 0 amide bonds. The molecule has 0 aliphatic carbocycles. The first kappa shape index (κ1) is 17.2. The third-order valence-electron chi connectivity index (χ3n) is 3.40. The van der Waals surface area contributed by atoms with Crippen LogP contribution in [0.5, 0.6) is 11.5 Å². The largest absolute Gasteiger partial charge is 0.535 e. The molecule has 1 heterocycles. The Morgan fingerprint density at radius 2 is 2.09 bits per heavy atom. The van der Waals surface area contributed by atoms with Gasteiger partial charge in [-0.15, -0.1) is 0 Å². The molecule has 0 spiro atoms. The lowest BCUT2D eigenvalue weighted by Crippen LogP contribution is -2.27. The molecule has 0 atom stereocenters. The lowest BCUT2D eigenvalue weighted by Gasteiger charge is -2.24. The summed E-state index contributed by atoms with van der Waals surface area (Å²) in [4.78, 5) is 11.7. The predicted octanol–water partition coefficient (Wildman–Crippen LogP) is 2.34. The van der Waals surface area contributed by atoms with Crippen LogP contribution in [-0.2, 0) is 20.7 Å². The second-order valence-corrected chi connectivity index (χ2v) is 6.46. The van der Waals surface area contributed by atoms with Gasteiger partial charge in [0.2, 0.25) is 6.79 Å². The van der Waals surface area contributed by atoms with Gasteiger partial charge in [-0.25, -0.2) is 0 Å². The zero-order valence-electron chi connectivity index (χ0n) is 13.6. The van der Waals surface area contributed by atoms with E-state index in [1.807, 2.05) is 0 Å². The van der Waals surface area contributed by atoms with Crippen molar-refractivity contribution < 1.29 is 29.1 Å². The summed E-state index contributed by atoms with van der Waals surface area (Å²) in [6, 6.07) is 3.02. The van der Waals surface area contributed by atoms with Gasteiger partial charge < -0.3 is 24.3 Å². The highest BCUT2D eigenvalue weighted by molar-refractivity contribution is 6.44. The van der Waals surface area contributed by atoms with Crippen LogP contribution in [0.15, 0.2) is 18.7 Å². The van der Waals surface area contributed by atoms with E-state index < -0.39 is 18.5 Å². The van der Waals surface area contributed by atoms with Crippen LogP contribution < -0.4 is 4.65 Å². The highest BCUT2D eigenvalue weighted by atomic mass is 16.7. The standard InChI is InChI=1S/C16H21BO6/c1-10(21-9-22-15(19)16(2,3)4)13-8-12(18)7-11-5-6-17(20)23-14(11)13/h7-8,18,20H,1,5-6,9H2,2-4H3. The van der Waals surface area contributed by atoms with Crippen molar-refractivity contribution in [2.45, 2.75) is 33.5 Å². The second kappa shape index (κ2) is 6.54. The molecule has 2 N–H and O–H groups in total. The quantitative estimate of drug-likeness (QED) is 0.383.